The fourth-order valence-corrected chi connectivity index (χ4v) is 3.97. The SMILES string of the molecule is CC1CC(C)CC(C(=O)Nc2cc(CSCCO)ccn2)C1. The van der Waals surface area contributed by atoms with Crippen LogP contribution in [0.1, 0.15) is 38.7 Å². The molecular weight excluding hydrogens is 296 g/mol. The first-order valence-electron chi connectivity index (χ1n) is 8.03. The van der Waals surface area contributed by atoms with Crippen LogP contribution >= 0.6 is 11.8 Å². The van der Waals surface area contributed by atoms with Crippen LogP contribution in [0.15, 0.2) is 18.3 Å². The summed E-state index contributed by atoms with van der Waals surface area (Å²) in [4.78, 5) is 16.7. The van der Waals surface area contributed by atoms with Gasteiger partial charge in [0, 0.05) is 23.6 Å². The molecule has 1 amide bonds. The number of rotatable bonds is 6. The van der Waals surface area contributed by atoms with Gasteiger partial charge in [0.15, 0.2) is 0 Å². The zero-order valence-corrected chi connectivity index (χ0v) is 14.2. The van der Waals surface area contributed by atoms with Gasteiger partial charge in [0.1, 0.15) is 5.82 Å². The van der Waals surface area contributed by atoms with Crippen molar-refractivity contribution in [2.75, 3.05) is 17.7 Å². The molecule has 1 heterocycles. The van der Waals surface area contributed by atoms with Gasteiger partial charge in [-0.25, -0.2) is 4.98 Å². The van der Waals surface area contributed by atoms with Gasteiger partial charge in [-0.05, 0) is 48.8 Å². The smallest absolute Gasteiger partial charge is 0.228 e. The number of nitrogens with zero attached hydrogens (tertiary/aromatic N) is 1. The molecule has 4 nitrogen and oxygen atoms in total. The van der Waals surface area contributed by atoms with Crippen molar-refractivity contribution >= 4 is 23.5 Å². The average Bonchev–Trinajstić information content (AvgIpc) is 2.47. The highest BCUT2D eigenvalue weighted by Crippen LogP contribution is 2.33. The molecule has 1 aliphatic carbocycles. The van der Waals surface area contributed by atoms with Gasteiger partial charge in [0.2, 0.25) is 5.91 Å². The largest absolute Gasteiger partial charge is 0.396 e. The first-order valence-corrected chi connectivity index (χ1v) is 9.18. The highest BCUT2D eigenvalue weighted by Gasteiger charge is 2.29. The van der Waals surface area contributed by atoms with E-state index in [0.717, 1.165) is 29.9 Å². The highest BCUT2D eigenvalue weighted by atomic mass is 32.2. The van der Waals surface area contributed by atoms with Gasteiger partial charge >= 0.3 is 0 Å². The second-order valence-electron chi connectivity index (χ2n) is 6.43. The number of anilines is 1. The van der Waals surface area contributed by atoms with E-state index in [2.05, 4.69) is 24.1 Å². The minimum absolute atomic E-state index is 0.103. The molecule has 2 N–H and O–H groups in total. The van der Waals surface area contributed by atoms with Gasteiger partial charge in [0.05, 0.1) is 6.61 Å². The van der Waals surface area contributed by atoms with E-state index in [1.54, 1.807) is 18.0 Å². The van der Waals surface area contributed by atoms with E-state index >= 15 is 0 Å². The van der Waals surface area contributed by atoms with Gasteiger partial charge in [0.25, 0.3) is 0 Å². The molecular formula is C17H26N2O2S. The molecule has 1 saturated carbocycles. The third-order valence-electron chi connectivity index (χ3n) is 4.13. The molecule has 22 heavy (non-hydrogen) atoms. The van der Waals surface area contributed by atoms with E-state index in [0.29, 0.717) is 17.7 Å². The zero-order chi connectivity index (χ0) is 15.9. The number of aliphatic hydroxyl groups excluding tert-OH is 1. The van der Waals surface area contributed by atoms with Crippen LogP contribution in [0.2, 0.25) is 0 Å². The molecule has 2 rings (SSSR count). The predicted octanol–water partition coefficient (Wildman–Crippen LogP) is 3.32. The molecule has 0 radical (unpaired) electrons. The molecule has 1 aromatic rings. The van der Waals surface area contributed by atoms with Crippen molar-refractivity contribution in [3.63, 3.8) is 0 Å². The van der Waals surface area contributed by atoms with E-state index in [9.17, 15) is 4.79 Å². The summed E-state index contributed by atoms with van der Waals surface area (Å²) in [5, 5.41) is 11.8. The molecule has 2 unspecified atom stereocenters. The summed E-state index contributed by atoms with van der Waals surface area (Å²) in [5.74, 6) is 3.63. The normalized spacial score (nSPS) is 25.0. The lowest BCUT2D eigenvalue weighted by atomic mass is 9.76. The lowest BCUT2D eigenvalue weighted by Gasteiger charge is -2.30. The second kappa shape index (κ2) is 8.53. The average molecular weight is 322 g/mol. The number of hydrogen-bond acceptors (Lipinski definition) is 4. The van der Waals surface area contributed by atoms with Crippen LogP contribution in [0.5, 0.6) is 0 Å². The molecule has 1 fully saturated rings. The van der Waals surface area contributed by atoms with Gasteiger partial charge < -0.3 is 10.4 Å². The van der Waals surface area contributed by atoms with Crippen molar-refractivity contribution in [1.29, 1.82) is 0 Å². The van der Waals surface area contributed by atoms with Crippen LogP contribution in [0, 0.1) is 17.8 Å². The van der Waals surface area contributed by atoms with Gasteiger partial charge in [-0.1, -0.05) is 13.8 Å². The molecule has 1 aliphatic rings. The number of carbonyl (C=O) groups is 1. The molecule has 0 spiro atoms. The Hall–Kier alpha value is -1.07. The number of pyridine rings is 1. The van der Waals surface area contributed by atoms with E-state index in [1.165, 1.54) is 6.42 Å². The third-order valence-corrected chi connectivity index (χ3v) is 5.14. The van der Waals surface area contributed by atoms with Crippen molar-refractivity contribution < 1.29 is 9.90 Å². The minimum Gasteiger partial charge on any atom is -0.396 e. The Morgan fingerprint density at radius 3 is 2.77 bits per heavy atom. The van der Waals surface area contributed by atoms with Crippen LogP contribution in [-0.2, 0) is 10.5 Å². The van der Waals surface area contributed by atoms with Gasteiger partial charge in [-0.3, -0.25) is 4.79 Å². The molecule has 0 bridgehead atoms. The quantitative estimate of drug-likeness (QED) is 0.789. The van der Waals surface area contributed by atoms with E-state index in [1.807, 2.05) is 12.1 Å². The van der Waals surface area contributed by atoms with Gasteiger partial charge in [-0.15, -0.1) is 0 Å². The van der Waals surface area contributed by atoms with Crippen LogP contribution in [0.4, 0.5) is 5.82 Å². The summed E-state index contributed by atoms with van der Waals surface area (Å²) in [6, 6.07) is 3.88. The minimum atomic E-state index is 0.103. The Labute approximate surface area is 137 Å². The van der Waals surface area contributed by atoms with Crippen LogP contribution < -0.4 is 5.32 Å². The first kappa shape index (κ1) is 17.3. The summed E-state index contributed by atoms with van der Waals surface area (Å²) < 4.78 is 0. The fourth-order valence-electron chi connectivity index (χ4n) is 3.28. The number of thioether (sulfide) groups is 1. The van der Waals surface area contributed by atoms with Crippen LogP contribution in [-0.4, -0.2) is 28.4 Å². The topological polar surface area (TPSA) is 62.2 Å². The number of hydrogen-bond donors (Lipinski definition) is 2. The lowest BCUT2D eigenvalue weighted by Crippen LogP contribution is -2.30. The molecule has 1 aromatic heterocycles. The van der Waals surface area contributed by atoms with Crippen molar-refractivity contribution in [2.24, 2.45) is 17.8 Å². The molecule has 0 aliphatic heterocycles. The van der Waals surface area contributed by atoms with Crippen molar-refractivity contribution in [3.8, 4) is 0 Å². The third kappa shape index (κ3) is 5.29. The lowest BCUT2D eigenvalue weighted by molar-refractivity contribution is -0.121. The van der Waals surface area contributed by atoms with E-state index < -0.39 is 0 Å². The van der Waals surface area contributed by atoms with Crippen molar-refractivity contribution in [2.45, 2.75) is 38.9 Å². The van der Waals surface area contributed by atoms with Crippen molar-refractivity contribution in [1.82, 2.24) is 4.98 Å². The standard InChI is InChI=1S/C17H26N2O2S/c1-12-7-13(2)9-15(8-12)17(21)19-16-10-14(3-4-18-16)11-22-6-5-20/h3-4,10,12-13,15,20H,5-9,11H2,1-2H3,(H,18,19,21). The molecule has 0 aromatic carbocycles. The maximum atomic E-state index is 12.4. The summed E-state index contributed by atoms with van der Waals surface area (Å²) in [5.41, 5.74) is 1.12. The number of carbonyl (C=O) groups excluding carboxylic acids is 1. The maximum absolute atomic E-state index is 12.4. The van der Waals surface area contributed by atoms with Gasteiger partial charge in [-0.2, -0.15) is 11.8 Å². The molecule has 5 heteroatoms. The number of nitrogens with one attached hydrogen (secondary N) is 1. The summed E-state index contributed by atoms with van der Waals surface area (Å²) in [7, 11) is 0. The molecule has 122 valence electrons. The van der Waals surface area contributed by atoms with Crippen molar-refractivity contribution in [3.05, 3.63) is 23.9 Å². The van der Waals surface area contributed by atoms with Crippen LogP contribution in [0.3, 0.4) is 0 Å². The summed E-state index contributed by atoms with van der Waals surface area (Å²) in [6.07, 6.45) is 4.90. The Morgan fingerprint density at radius 2 is 2.09 bits per heavy atom. The summed E-state index contributed by atoms with van der Waals surface area (Å²) in [6.45, 7) is 4.65. The fraction of sp³-hybridized carbons (Fsp3) is 0.647. The monoisotopic (exact) mass is 322 g/mol. The number of amides is 1. The Kier molecular flexibility index (Phi) is 6.70. The Morgan fingerprint density at radius 1 is 1.36 bits per heavy atom. The second-order valence-corrected chi connectivity index (χ2v) is 7.53. The summed E-state index contributed by atoms with van der Waals surface area (Å²) >= 11 is 1.67. The molecule has 2 atom stereocenters. The Balaban J connectivity index is 1.92. The Bertz CT molecular complexity index is 485. The number of aromatic nitrogens is 1. The van der Waals surface area contributed by atoms with Crippen LogP contribution in [0.25, 0.3) is 0 Å². The van der Waals surface area contributed by atoms with E-state index in [-0.39, 0.29) is 18.4 Å². The maximum Gasteiger partial charge on any atom is 0.228 e. The predicted molar refractivity (Wildman–Crippen MR) is 91.8 cm³/mol. The number of aliphatic hydroxyl groups is 1. The van der Waals surface area contributed by atoms with E-state index in [4.69, 9.17) is 5.11 Å². The highest BCUT2D eigenvalue weighted by molar-refractivity contribution is 7.98. The molecule has 0 saturated heterocycles. The zero-order valence-electron chi connectivity index (χ0n) is 13.4. The first-order chi connectivity index (χ1) is 10.6.